The maximum atomic E-state index is 13.9. The zero-order valence-electron chi connectivity index (χ0n) is 9.02. The van der Waals surface area contributed by atoms with Crippen LogP contribution in [0.25, 0.3) is 0 Å². The van der Waals surface area contributed by atoms with Crippen molar-refractivity contribution in [3.05, 3.63) is 52.3 Å². The lowest BCUT2D eigenvalue weighted by Gasteiger charge is -2.09. The zero-order valence-corrected chi connectivity index (χ0v) is 10.6. The van der Waals surface area contributed by atoms with Gasteiger partial charge in [0.1, 0.15) is 6.07 Å². The van der Waals surface area contributed by atoms with E-state index >= 15 is 0 Å². The molecule has 18 heavy (non-hydrogen) atoms. The number of phenols is 1. The van der Waals surface area contributed by atoms with E-state index in [-0.39, 0.29) is 27.3 Å². The number of nitrogens with zero attached hydrogens (tertiary/aromatic N) is 1. The molecule has 3 nitrogen and oxygen atoms in total. The number of ether oxygens (including phenoxy) is 1. The minimum Gasteiger partial charge on any atom is -0.504 e. The predicted octanol–water partition coefficient (Wildman–Crippen LogP) is 3.96. The maximum Gasteiger partial charge on any atom is 0.181 e. The minimum absolute atomic E-state index is 0.0397. The molecule has 0 spiro atoms. The predicted molar refractivity (Wildman–Crippen MR) is 67.0 cm³/mol. The summed E-state index contributed by atoms with van der Waals surface area (Å²) < 4.78 is 19.2. The second kappa shape index (κ2) is 5.07. The third-order valence-corrected chi connectivity index (χ3v) is 3.03. The summed E-state index contributed by atoms with van der Waals surface area (Å²) in [6.07, 6.45) is 0. The Morgan fingerprint density at radius 1 is 1.17 bits per heavy atom. The van der Waals surface area contributed by atoms with Crippen molar-refractivity contribution in [1.29, 1.82) is 5.26 Å². The molecular weight excluding hydrogens is 301 g/mol. The second-order valence-corrected chi connectivity index (χ2v) is 4.21. The van der Waals surface area contributed by atoms with Crippen LogP contribution in [-0.2, 0) is 0 Å². The summed E-state index contributed by atoms with van der Waals surface area (Å²) in [6, 6.07) is 10.9. The number of phenolic OH excluding ortho intramolecular Hbond substituents is 1. The van der Waals surface area contributed by atoms with E-state index in [0.29, 0.717) is 0 Å². The van der Waals surface area contributed by atoms with E-state index in [2.05, 4.69) is 15.9 Å². The molecule has 0 aliphatic heterocycles. The Morgan fingerprint density at radius 3 is 2.56 bits per heavy atom. The highest BCUT2D eigenvalue weighted by Crippen LogP contribution is 2.34. The van der Waals surface area contributed by atoms with Gasteiger partial charge in [0.25, 0.3) is 0 Å². The Balaban J connectivity index is 2.40. The Bertz CT molecular complexity index is 637. The van der Waals surface area contributed by atoms with Crippen LogP contribution in [0.15, 0.2) is 40.9 Å². The fourth-order valence-corrected chi connectivity index (χ4v) is 1.78. The van der Waals surface area contributed by atoms with E-state index in [1.54, 1.807) is 12.1 Å². The highest BCUT2D eigenvalue weighted by atomic mass is 79.9. The summed E-state index contributed by atoms with van der Waals surface area (Å²) in [4.78, 5) is 0. The second-order valence-electron chi connectivity index (χ2n) is 3.42. The largest absolute Gasteiger partial charge is 0.504 e. The molecule has 0 heterocycles. The minimum atomic E-state index is -0.683. The zero-order chi connectivity index (χ0) is 13.1. The molecule has 0 aliphatic rings. The first-order chi connectivity index (χ1) is 8.63. The molecule has 5 heteroatoms. The van der Waals surface area contributed by atoms with Gasteiger partial charge in [-0.2, -0.15) is 5.26 Å². The summed E-state index contributed by atoms with van der Waals surface area (Å²) in [5.74, 6) is -0.690. The Morgan fingerprint density at radius 2 is 1.89 bits per heavy atom. The van der Waals surface area contributed by atoms with Crippen molar-refractivity contribution in [3.8, 4) is 23.3 Å². The number of benzene rings is 2. The fraction of sp³-hybridized carbons (Fsp3) is 0. The van der Waals surface area contributed by atoms with Gasteiger partial charge in [0.05, 0.1) is 10.0 Å². The first-order valence-electron chi connectivity index (χ1n) is 4.97. The van der Waals surface area contributed by atoms with Gasteiger partial charge in [-0.15, -0.1) is 0 Å². The lowest BCUT2D eigenvalue weighted by molar-refractivity contribution is 0.395. The molecule has 0 amide bonds. The SMILES string of the molecule is N#Cc1ccc(Oc2ccccc2O)c(F)c1Br. The molecule has 0 aliphatic carbocycles. The Hall–Kier alpha value is -2.06. The highest BCUT2D eigenvalue weighted by Gasteiger charge is 2.13. The number of aromatic hydroxyl groups is 1. The van der Waals surface area contributed by atoms with Gasteiger partial charge in [-0.05, 0) is 40.2 Å². The monoisotopic (exact) mass is 307 g/mol. The summed E-state index contributed by atoms with van der Waals surface area (Å²) >= 11 is 2.98. The van der Waals surface area contributed by atoms with Crippen LogP contribution in [0, 0.1) is 17.1 Å². The van der Waals surface area contributed by atoms with Crippen LogP contribution in [0.5, 0.6) is 17.2 Å². The molecule has 0 aromatic heterocycles. The first kappa shape index (κ1) is 12.4. The van der Waals surface area contributed by atoms with Crippen LogP contribution in [-0.4, -0.2) is 5.11 Å². The summed E-state index contributed by atoms with van der Waals surface area (Å²) in [5.41, 5.74) is 0.178. The molecule has 2 aromatic carbocycles. The smallest absolute Gasteiger partial charge is 0.181 e. The normalized spacial score (nSPS) is 9.83. The average molecular weight is 308 g/mol. The molecule has 1 N–H and O–H groups in total. The van der Waals surface area contributed by atoms with E-state index in [1.807, 2.05) is 6.07 Å². The summed E-state index contributed by atoms with van der Waals surface area (Å²) in [6.45, 7) is 0. The van der Waals surface area contributed by atoms with Gasteiger partial charge < -0.3 is 9.84 Å². The van der Waals surface area contributed by atoms with Crippen LogP contribution < -0.4 is 4.74 Å². The highest BCUT2D eigenvalue weighted by molar-refractivity contribution is 9.10. The molecule has 0 fully saturated rings. The molecule has 0 radical (unpaired) electrons. The van der Waals surface area contributed by atoms with Gasteiger partial charge in [-0.1, -0.05) is 12.1 Å². The van der Waals surface area contributed by atoms with E-state index in [9.17, 15) is 9.50 Å². The number of para-hydroxylation sites is 2. The number of nitriles is 1. The molecule has 0 saturated carbocycles. The number of hydrogen-bond acceptors (Lipinski definition) is 3. The lowest BCUT2D eigenvalue weighted by atomic mass is 10.2. The number of rotatable bonds is 2. The third-order valence-electron chi connectivity index (χ3n) is 2.25. The molecule has 90 valence electrons. The lowest BCUT2D eigenvalue weighted by Crippen LogP contribution is -1.92. The molecule has 0 bridgehead atoms. The summed E-state index contributed by atoms with van der Waals surface area (Å²) in [5, 5.41) is 18.3. The van der Waals surface area contributed by atoms with Crippen LogP contribution in [0.2, 0.25) is 0 Å². The van der Waals surface area contributed by atoms with Crippen molar-refractivity contribution >= 4 is 15.9 Å². The van der Waals surface area contributed by atoms with Crippen molar-refractivity contribution in [1.82, 2.24) is 0 Å². The fourth-order valence-electron chi connectivity index (χ4n) is 1.36. The Labute approximate surface area is 111 Å². The molecular formula is C13H7BrFNO2. The standard InChI is InChI=1S/C13H7BrFNO2/c14-12-8(7-16)5-6-11(13(12)15)18-10-4-2-1-3-9(10)17/h1-6,17H. The van der Waals surface area contributed by atoms with Crippen molar-refractivity contribution in [3.63, 3.8) is 0 Å². The van der Waals surface area contributed by atoms with Crippen LogP contribution >= 0.6 is 15.9 Å². The van der Waals surface area contributed by atoms with E-state index in [4.69, 9.17) is 10.00 Å². The van der Waals surface area contributed by atoms with E-state index in [1.165, 1.54) is 24.3 Å². The van der Waals surface area contributed by atoms with E-state index < -0.39 is 5.82 Å². The molecule has 2 rings (SSSR count). The first-order valence-corrected chi connectivity index (χ1v) is 5.76. The topological polar surface area (TPSA) is 53.2 Å². The molecule has 2 aromatic rings. The van der Waals surface area contributed by atoms with Crippen molar-refractivity contribution in [2.75, 3.05) is 0 Å². The molecule has 0 unspecified atom stereocenters. The number of hydrogen-bond donors (Lipinski definition) is 1. The van der Waals surface area contributed by atoms with Gasteiger partial charge in [-0.3, -0.25) is 0 Å². The van der Waals surface area contributed by atoms with Crippen molar-refractivity contribution in [2.24, 2.45) is 0 Å². The van der Waals surface area contributed by atoms with Crippen LogP contribution in [0.1, 0.15) is 5.56 Å². The van der Waals surface area contributed by atoms with Gasteiger partial charge in [0, 0.05) is 0 Å². The molecule has 0 saturated heterocycles. The average Bonchev–Trinajstić information content (AvgIpc) is 2.38. The number of halogens is 2. The van der Waals surface area contributed by atoms with Crippen LogP contribution in [0.4, 0.5) is 4.39 Å². The van der Waals surface area contributed by atoms with Gasteiger partial charge in [-0.25, -0.2) is 4.39 Å². The van der Waals surface area contributed by atoms with Gasteiger partial charge in [0.15, 0.2) is 23.1 Å². The molecule has 0 atom stereocenters. The Kier molecular flexibility index (Phi) is 3.49. The third kappa shape index (κ3) is 2.29. The van der Waals surface area contributed by atoms with Crippen molar-refractivity contribution < 1.29 is 14.2 Å². The van der Waals surface area contributed by atoms with Crippen LogP contribution in [0.3, 0.4) is 0 Å². The van der Waals surface area contributed by atoms with E-state index in [0.717, 1.165) is 0 Å². The maximum absolute atomic E-state index is 13.9. The van der Waals surface area contributed by atoms with Gasteiger partial charge in [0.2, 0.25) is 0 Å². The summed E-state index contributed by atoms with van der Waals surface area (Å²) in [7, 11) is 0. The van der Waals surface area contributed by atoms with Gasteiger partial charge >= 0.3 is 0 Å². The van der Waals surface area contributed by atoms with Crippen molar-refractivity contribution in [2.45, 2.75) is 0 Å². The quantitative estimate of drug-likeness (QED) is 0.913.